The first-order chi connectivity index (χ1) is 12.1. The SMILES string of the molecule is Cc1cccc(C)c1NC(=O)NCc1ccccc1Cn1cccn1. The number of para-hydroxylation sites is 1. The summed E-state index contributed by atoms with van der Waals surface area (Å²) in [5, 5.41) is 10.1. The van der Waals surface area contributed by atoms with Crippen LogP contribution >= 0.6 is 0 Å². The van der Waals surface area contributed by atoms with Gasteiger partial charge in [-0.3, -0.25) is 4.68 Å². The van der Waals surface area contributed by atoms with Crippen molar-refractivity contribution in [1.82, 2.24) is 15.1 Å². The van der Waals surface area contributed by atoms with E-state index in [2.05, 4.69) is 21.8 Å². The highest BCUT2D eigenvalue weighted by Gasteiger charge is 2.08. The minimum atomic E-state index is -0.203. The van der Waals surface area contributed by atoms with Crippen LogP contribution in [0.3, 0.4) is 0 Å². The van der Waals surface area contributed by atoms with E-state index in [0.29, 0.717) is 13.1 Å². The Kier molecular flexibility index (Phi) is 5.14. The number of carbonyl (C=O) groups is 1. The van der Waals surface area contributed by atoms with Crippen molar-refractivity contribution in [1.29, 1.82) is 0 Å². The van der Waals surface area contributed by atoms with Crippen LogP contribution in [-0.4, -0.2) is 15.8 Å². The first-order valence-electron chi connectivity index (χ1n) is 8.29. The van der Waals surface area contributed by atoms with Gasteiger partial charge in [-0.2, -0.15) is 5.10 Å². The molecule has 128 valence electrons. The van der Waals surface area contributed by atoms with E-state index < -0.39 is 0 Å². The van der Waals surface area contributed by atoms with Gasteiger partial charge in [-0.15, -0.1) is 0 Å². The highest BCUT2D eigenvalue weighted by molar-refractivity contribution is 5.90. The number of aryl methyl sites for hydroxylation is 2. The predicted octanol–water partition coefficient (Wildman–Crippen LogP) is 3.87. The fraction of sp³-hybridized carbons (Fsp3) is 0.200. The average Bonchev–Trinajstić information content (AvgIpc) is 3.11. The maximum atomic E-state index is 12.3. The Morgan fingerprint density at radius 3 is 2.40 bits per heavy atom. The van der Waals surface area contributed by atoms with Gasteiger partial charge in [0.2, 0.25) is 0 Å². The van der Waals surface area contributed by atoms with Crippen LogP contribution in [-0.2, 0) is 13.1 Å². The molecule has 5 nitrogen and oxygen atoms in total. The fourth-order valence-corrected chi connectivity index (χ4v) is 2.80. The maximum absolute atomic E-state index is 12.3. The normalized spacial score (nSPS) is 10.5. The van der Waals surface area contributed by atoms with Gasteiger partial charge >= 0.3 is 6.03 Å². The van der Waals surface area contributed by atoms with E-state index in [1.807, 2.05) is 67.2 Å². The van der Waals surface area contributed by atoms with E-state index in [9.17, 15) is 4.79 Å². The van der Waals surface area contributed by atoms with Gasteiger partial charge in [-0.25, -0.2) is 4.79 Å². The van der Waals surface area contributed by atoms with Gasteiger partial charge in [-0.05, 0) is 42.2 Å². The summed E-state index contributed by atoms with van der Waals surface area (Å²) in [5.41, 5.74) is 5.18. The minimum absolute atomic E-state index is 0.203. The monoisotopic (exact) mass is 334 g/mol. The summed E-state index contributed by atoms with van der Waals surface area (Å²) in [5.74, 6) is 0. The van der Waals surface area contributed by atoms with Crippen LogP contribution in [0.1, 0.15) is 22.3 Å². The molecular weight excluding hydrogens is 312 g/mol. The highest BCUT2D eigenvalue weighted by atomic mass is 16.2. The molecule has 0 spiro atoms. The largest absolute Gasteiger partial charge is 0.334 e. The number of rotatable bonds is 5. The second kappa shape index (κ2) is 7.66. The summed E-state index contributed by atoms with van der Waals surface area (Å²) in [6, 6.07) is 15.7. The quantitative estimate of drug-likeness (QED) is 0.744. The molecule has 2 aromatic carbocycles. The van der Waals surface area contributed by atoms with Crippen LogP contribution in [0.5, 0.6) is 0 Å². The number of hydrogen-bond acceptors (Lipinski definition) is 2. The van der Waals surface area contributed by atoms with Crippen LogP contribution in [0.15, 0.2) is 60.9 Å². The second-order valence-corrected chi connectivity index (χ2v) is 6.05. The number of carbonyl (C=O) groups excluding carboxylic acids is 1. The third kappa shape index (κ3) is 4.26. The van der Waals surface area contributed by atoms with Gasteiger partial charge in [0.25, 0.3) is 0 Å². The maximum Gasteiger partial charge on any atom is 0.319 e. The van der Waals surface area contributed by atoms with Crippen molar-refractivity contribution < 1.29 is 4.79 Å². The average molecular weight is 334 g/mol. The molecule has 0 radical (unpaired) electrons. The molecule has 0 unspecified atom stereocenters. The van der Waals surface area contributed by atoms with Gasteiger partial charge < -0.3 is 10.6 Å². The molecule has 1 heterocycles. The van der Waals surface area contributed by atoms with Crippen molar-refractivity contribution in [3.8, 4) is 0 Å². The van der Waals surface area contributed by atoms with Crippen LogP contribution in [0.4, 0.5) is 10.5 Å². The predicted molar refractivity (Wildman–Crippen MR) is 99.5 cm³/mol. The molecule has 3 aromatic rings. The number of amides is 2. The molecule has 3 rings (SSSR count). The molecule has 2 N–H and O–H groups in total. The third-order valence-electron chi connectivity index (χ3n) is 4.17. The molecular formula is C20H22N4O. The standard InChI is InChI=1S/C20H22N4O/c1-15-7-5-8-16(2)19(15)23-20(25)21-13-17-9-3-4-10-18(17)14-24-12-6-11-22-24/h3-12H,13-14H2,1-2H3,(H2,21,23,25). The second-order valence-electron chi connectivity index (χ2n) is 6.05. The zero-order chi connectivity index (χ0) is 17.6. The molecule has 0 aliphatic heterocycles. The Hall–Kier alpha value is -3.08. The molecule has 0 fully saturated rings. The lowest BCUT2D eigenvalue weighted by Crippen LogP contribution is -2.29. The summed E-state index contributed by atoms with van der Waals surface area (Å²) in [4.78, 5) is 12.3. The van der Waals surface area contributed by atoms with E-state index in [0.717, 1.165) is 27.9 Å². The molecule has 0 aliphatic carbocycles. The first kappa shape index (κ1) is 16.8. The van der Waals surface area contributed by atoms with E-state index in [1.54, 1.807) is 6.20 Å². The lowest BCUT2D eigenvalue weighted by atomic mass is 10.1. The van der Waals surface area contributed by atoms with E-state index in [4.69, 9.17) is 0 Å². The van der Waals surface area contributed by atoms with E-state index in [-0.39, 0.29) is 6.03 Å². The van der Waals surface area contributed by atoms with Crippen molar-refractivity contribution in [3.63, 3.8) is 0 Å². The molecule has 0 aliphatic rings. The van der Waals surface area contributed by atoms with Gasteiger partial charge in [0.1, 0.15) is 0 Å². The zero-order valence-corrected chi connectivity index (χ0v) is 14.5. The van der Waals surface area contributed by atoms with Crippen LogP contribution < -0.4 is 10.6 Å². The van der Waals surface area contributed by atoms with Crippen LogP contribution in [0, 0.1) is 13.8 Å². The molecule has 5 heteroatoms. The van der Waals surface area contributed by atoms with Crippen LogP contribution in [0.2, 0.25) is 0 Å². The van der Waals surface area contributed by atoms with Gasteiger partial charge in [-0.1, -0.05) is 42.5 Å². The number of benzene rings is 2. The number of anilines is 1. The van der Waals surface area contributed by atoms with Crippen molar-refractivity contribution in [2.24, 2.45) is 0 Å². The van der Waals surface area contributed by atoms with Gasteiger partial charge in [0.15, 0.2) is 0 Å². The van der Waals surface area contributed by atoms with Gasteiger partial charge in [0, 0.05) is 24.6 Å². The molecule has 0 saturated heterocycles. The summed E-state index contributed by atoms with van der Waals surface area (Å²) in [6.07, 6.45) is 3.69. The third-order valence-corrected chi connectivity index (χ3v) is 4.17. The summed E-state index contributed by atoms with van der Waals surface area (Å²) in [6.45, 7) is 5.13. The molecule has 1 aromatic heterocycles. The lowest BCUT2D eigenvalue weighted by molar-refractivity contribution is 0.251. The summed E-state index contributed by atoms with van der Waals surface area (Å²) in [7, 11) is 0. The van der Waals surface area contributed by atoms with Crippen molar-refractivity contribution in [3.05, 3.63) is 83.2 Å². The molecule has 0 saturated carbocycles. The minimum Gasteiger partial charge on any atom is -0.334 e. The summed E-state index contributed by atoms with van der Waals surface area (Å²) < 4.78 is 1.87. The smallest absolute Gasteiger partial charge is 0.319 e. The first-order valence-corrected chi connectivity index (χ1v) is 8.29. The van der Waals surface area contributed by atoms with E-state index in [1.165, 1.54) is 0 Å². The fourth-order valence-electron chi connectivity index (χ4n) is 2.80. The molecule has 2 amide bonds. The van der Waals surface area contributed by atoms with Crippen molar-refractivity contribution >= 4 is 11.7 Å². The Labute approximate surface area is 147 Å². The van der Waals surface area contributed by atoms with Gasteiger partial charge in [0.05, 0.1) is 6.54 Å². The van der Waals surface area contributed by atoms with E-state index >= 15 is 0 Å². The lowest BCUT2D eigenvalue weighted by Gasteiger charge is -2.14. The Bertz CT molecular complexity index is 836. The van der Waals surface area contributed by atoms with Crippen LogP contribution in [0.25, 0.3) is 0 Å². The van der Waals surface area contributed by atoms with Crippen molar-refractivity contribution in [2.75, 3.05) is 5.32 Å². The van der Waals surface area contributed by atoms with Crippen molar-refractivity contribution in [2.45, 2.75) is 26.9 Å². The number of hydrogen-bond donors (Lipinski definition) is 2. The Morgan fingerprint density at radius 1 is 1.00 bits per heavy atom. The number of urea groups is 1. The Morgan fingerprint density at radius 2 is 1.72 bits per heavy atom. The molecule has 0 atom stereocenters. The number of aromatic nitrogens is 2. The number of nitrogens with zero attached hydrogens (tertiary/aromatic N) is 2. The summed E-state index contributed by atoms with van der Waals surface area (Å²) >= 11 is 0. The zero-order valence-electron chi connectivity index (χ0n) is 14.5. The molecule has 25 heavy (non-hydrogen) atoms. The highest BCUT2D eigenvalue weighted by Crippen LogP contribution is 2.19. The topological polar surface area (TPSA) is 59.0 Å². The number of nitrogens with one attached hydrogen (secondary N) is 2. The Balaban J connectivity index is 1.64. The molecule has 0 bridgehead atoms.